The van der Waals surface area contributed by atoms with Gasteiger partial charge in [0.15, 0.2) is 0 Å². The van der Waals surface area contributed by atoms with Gasteiger partial charge in [0.05, 0.1) is 0 Å². The number of carbonyl (C=O) groups excluding carboxylic acids is 1. The Labute approximate surface area is 112 Å². The summed E-state index contributed by atoms with van der Waals surface area (Å²) in [5.74, 6) is 0.354. The van der Waals surface area contributed by atoms with Gasteiger partial charge in [-0.2, -0.15) is 0 Å². The van der Waals surface area contributed by atoms with Crippen molar-refractivity contribution in [3.05, 3.63) is 0 Å². The molecule has 3 heteroatoms. The molecule has 0 heterocycles. The monoisotopic (exact) mass is 254 g/mol. The lowest BCUT2D eigenvalue weighted by atomic mass is 9.60. The van der Waals surface area contributed by atoms with E-state index in [1.807, 2.05) is 0 Å². The van der Waals surface area contributed by atoms with Gasteiger partial charge < -0.3 is 11.1 Å². The van der Waals surface area contributed by atoms with E-state index in [-0.39, 0.29) is 16.9 Å². The number of nitrogens with one attached hydrogen (secondary N) is 1. The van der Waals surface area contributed by atoms with E-state index < -0.39 is 0 Å². The number of primary amides is 1. The van der Waals surface area contributed by atoms with Crippen molar-refractivity contribution in [2.45, 2.75) is 71.8 Å². The summed E-state index contributed by atoms with van der Waals surface area (Å²) < 4.78 is 0. The Morgan fingerprint density at radius 2 is 2.06 bits per heavy atom. The maximum absolute atomic E-state index is 11.5. The molecule has 0 aromatic rings. The SMILES string of the molecule is CCCNC1(CC(N)=O)CCCCC1C(C)(C)C. The summed E-state index contributed by atoms with van der Waals surface area (Å²) in [6.45, 7) is 9.99. The lowest BCUT2D eigenvalue weighted by Crippen LogP contribution is -2.58. The lowest BCUT2D eigenvalue weighted by Gasteiger charge is -2.50. The zero-order valence-corrected chi connectivity index (χ0v) is 12.5. The Hall–Kier alpha value is -0.570. The van der Waals surface area contributed by atoms with Crippen LogP contribution in [0.15, 0.2) is 0 Å². The van der Waals surface area contributed by atoms with Gasteiger partial charge in [0.1, 0.15) is 0 Å². The Kier molecular flexibility index (Phi) is 5.20. The van der Waals surface area contributed by atoms with E-state index in [1.165, 1.54) is 19.3 Å². The first-order valence-corrected chi connectivity index (χ1v) is 7.35. The van der Waals surface area contributed by atoms with Crippen LogP contribution in [-0.4, -0.2) is 18.0 Å². The van der Waals surface area contributed by atoms with E-state index in [0.29, 0.717) is 12.3 Å². The van der Waals surface area contributed by atoms with E-state index in [0.717, 1.165) is 19.4 Å². The van der Waals surface area contributed by atoms with Crippen LogP contribution in [0.4, 0.5) is 0 Å². The Morgan fingerprint density at radius 3 is 2.56 bits per heavy atom. The molecule has 0 bridgehead atoms. The molecule has 0 aromatic carbocycles. The van der Waals surface area contributed by atoms with Gasteiger partial charge in [0.2, 0.25) is 5.91 Å². The van der Waals surface area contributed by atoms with Gasteiger partial charge in [-0.25, -0.2) is 0 Å². The van der Waals surface area contributed by atoms with Crippen LogP contribution in [-0.2, 0) is 4.79 Å². The van der Waals surface area contributed by atoms with Gasteiger partial charge in [-0.1, -0.05) is 40.5 Å². The van der Waals surface area contributed by atoms with Crippen molar-refractivity contribution in [1.82, 2.24) is 5.32 Å². The molecule has 0 aliphatic heterocycles. The minimum absolute atomic E-state index is 0.0711. The molecule has 0 radical (unpaired) electrons. The molecule has 1 fully saturated rings. The van der Waals surface area contributed by atoms with Crippen molar-refractivity contribution < 1.29 is 4.79 Å². The molecule has 1 saturated carbocycles. The highest BCUT2D eigenvalue weighted by Gasteiger charge is 2.46. The molecular formula is C15H30N2O. The number of nitrogens with two attached hydrogens (primary N) is 1. The maximum Gasteiger partial charge on any atom is 0.219 e. The first-order chi connectivity index (χ1) is 8.32. The van der Waals surface area contributed by atoms with Crippen LogP contribution >= 0.6 is 0 Å². The molecule has 1 rings (SSSR count). The van der Waals surface area contributed by atoms with Crippen LogP contribution in [0.3, 0.4) is 0 Å². The fourth-order valence-corrected chi connectivity index (χ4v) is 3.67. The third-order valence-electron chi connectivity index (χ3n) is 4.29. The fourth-order valence-electron chi connectivity index (χ4n) is 3.67. The second kappa shape index (κ2) is 6.05. The van der Waals surface area contributed by atoms with Crippen molar-refractivity contribution in [3.63, 3.8) is 0 Å². The molecule has 2 atom stereocenters. The van der Waals surface area contributed by atoms with Crippen LogP contribution in [0, 0.1) is 11.3 Å². The summed E-state index contributed by atoms with van der Waals surface area (Å²) in [6.07, 6.45) is 6.34. The van der Waals surface area contributed by atoms with Crippen LogP contribution in [0.5, 0.6) is 0 Å². The van der Waals surface area contributed by atoms with Crippen molar-refractivity contribution >= 4 is 5.91 Å². The van der Waals surface area contributed by atoms with Gasteiger partial charge in [0, 0.05) is 12.0 Å². The van der Waals surface area contributed by atoms with Gasteiger partial charge in [-0.3, -0.25) is 4.79 Å². The average molecular weight is 254 g/mol. The number of hydrogen-bond donors (Lipinski definition) is 2. The molecule has 1 amide bonds. The molecule has 2 unspecified atom stereocenters. The number of amides is 1. The highest BCUT2D eigenvalue weighted by Crippen LogP contribution is 2.45. The first-order valence-electron chi connectivity index (χ1n) is 7.35. The summed E-state index contributed by atoms with van der Waals surface area (Å²) >= 11 is 0. The molecule has 1 aliphatic rings. The van der Waals surface area contributed by atoms with Crippen LogP contribution < -0.4 is 11.1 Å². The minimum Gasteiger partial charge on any atom is -0.370 e. The van der Waals surface area contributed by atoms with Crippen LogP contribution in [0.2, 0.25) is 0 Å². The second-order valence-electron chi connectivity index (χ2n) is 6.89. The molecule has 0 aromatic heterocycles. The van der Waals surface area contributed by atoms with Crippen molar-refractivity contribution in [2.75, 3.05) is 6.54 Å². The summed E-state index contributed by atoms with van der Waals surface area (Å²) in [6, 6.07) is 0. The number of hydrogen-bond acceptors (Lipinski definition) is 2. The van der Waals surface area contributed by atoms with Gasteiger partial charge >= 0.3 is 0 Å². The molecule has 1 aliphatic carbocycles. The Bertz CT molecular complexity index is 283. The first kappa shape index (κ1) is 15.5. The van der Waals surface area contributed by atoms with Crippen molar-refractivity contribution in [2.24, 2.45) is 17.1 Å². The molecule has 106 valence electrons. The normalized spacial score (nSPS) is 29.2. The standard InChI is InChI=1S/C15H30N2O/c1-5-10-17-15(11-13(16)18)9-7-6-8-12(15)14(2,3)4/h12,17H,5-11H2,1-4H3,(H2,16,18). The smallest absolute Gasteiger partial charge is 0.219 e. The van der Waals surface area contributed by atoms with Crippen LogP contribution in [0.25, 0.3) is 0 Å². The topological polar surface area (TPSA) is 55.1 Å². The average Bonchev–Trinajstić information content (AvgIpc) is 2.24. The fraction of sp³-hybridized carbons (Fsp3) is 0.933. The molecule has 0 saturated heterocycles. The quantitative estimate of drug-likeness (QED) is 0.792. The Morgan fingerprint density at radius 1 is 1.39 bits per heavy atom. The second-order valence-corrected chi connectivity index (χ2v) is 6.89. The highest BCUT2D eigenvalue weighted by atomic mass is 16.1. The van der Waals surface area contributed by atoms with E-state index in [9.17, 15) is 4.79 Å². The van der Waals surface area contributed by atoms with Crippen molar-refractivity contribution in [1.29, 1.82) is 0 Å². The van der Waals surface area contributed by atoms with Crippen LogP contribution in [0.1, 0.15) is 66.2 Å². The van der Waals surface area contributed by atoms with Gasteiger partial charge in [-0.15, -0.1) is 0 Å². The number of carbonyl (C=O) groups is 1. The van der Waals surface area contributed by atoms with E-state index in [4.69, 9.17) is 5.73 Å². The molecule has 18 heavy (non-hydrogen) atoms. The Balaban J connectivity index is 2.97. The zero-order valence-electron chi connectivity index (χ0n) is 12.5. The third kappa shape index (κ3) is 3.71. The predicted octanol–water partition coefficient (Wildman–Crippen LogP) is 2.84. The molecular weight excluding hydrogens is 224 g/mol. The summed E-state index contributed by atoms with van der Waals surface area (Å²) in [5.41, 5.74) is 5.65. The van der Waals surface area contributed by atoms with Gasteiger partial charge in [-0.05, 0) is 37.1 Å². The summed E-state index contributed by atoms with van der Waals surface area (Å²) in [4.78, 5) is 11.5. The van der Waals surface area contributed by atoms with Gasteiger partial charge in [0.25, 0.3) is 0 Å². The molecule has 3 nitrogen and oxygen atoms in total. The molecule has 3 N–H and O–H groups in total. The highest BCUT2D eigenvalue weighted by molar-refractivity contribution is 5.75. The number of rotatable bonds is 5. The minimum atomic E-state index is -0.172. The van der Waals surface area contributed by atoms with E-state index in [1.54, 1.807) is 0 Å². The van der Waals surface area contributed by atoms with E-state index in [2.05, 4.69) is 33.0 Å². The van der Waals surface area contributed by atoms with Crippen molar-refractivity contribution in [3.8, 4) is 0 Å². The molecule has 0 spiro atoms. The summed E-state index contributed by atoms with van der Waals surface area (Å²) in [7, 11) is 0. The maximum atomic E-state index is 11.5. The largest absolute Gasteiger partial charge is 0.370 e. The summed E-state index contributed by atoms with van der Waals surface area (Å²) in [5, 5.41) is 3.67. The van der Waals surface area contributed by atoms with E-state index >= 15 is 0 Å². The zero-order chi connectivity index (χ0) is 13.8. The predicted molar refractivity (Wildman–Crippen MR) is 76.2 cm³/mol. The third-order valence-corrected chi connectivity index (χ3v) is 4.29. The lowest BCUT2D eigenvalue weighted by molar-refractivity contribution is -0.121.